The molecule has 0 heterocycles. The van der Waals surface area contributed by atoms with Crippen molar-refractivity contribution in [3.05, 3.63) is 0 Å². The zero-order valence-electron chi connectivity index (χ0n) is 9.30. The van der Waals surface area contributed by atoms with Crippen LogP contribution in [0.3, 0.4) is 0 Å². The van der Waals surface area contributed by atoms with Crippen LogP contribution in [0.5, 0.6) is 0 Å². The number of esters is 1. The van der Waals surface area contributed by atoms with Crippen molar-refractivity contribution in [2.45, 2.75) is 46.5 Å². The highest BCUT2D eigenvalue weighted by molar-refractivity contribution is 5.79. The largest absolute Gasteiger partial charge is 0.465 e. The molecule has 0 aromatic heterocycles. The van der Waals surface area contributed by atoms with Gasteiger partial charge in [0.1, 0.15) is 0 Å². The molecule has 0 aromatic carbocycles. The topological polar surface area (TPSA) is 50.1 Å². The number of rotatable bonds is 6. The average molecular weight is 197 g/mol. The number of hydrogen-bond donors (Lipinski definition) is 0. The van der Waals surface area contributed by atoms with Gasteiger partial charge in [-0.2, -0.15) is 5.26 Å². The van der Waals surface area contributed by atoms with E-state index in [2.05, 4.69) is 6.07 Å². The molecule has 0 amide bonds. The third-order valence-corrected chi connectivity index (χ3v) is 2.23. The summed E-state index contributed by atoms with van der Waals surface area (Å²) in [5.74, 6) is -0.355. The summed E-state index contributed by atoms with van der Waals surface area (Å²) >= 11 is 0. The highest BCUT2D eigenvalue weighted by Crippen LogP contribution is 2.30. The van der Waals surface area contributed by atoms with Gasteiger partial charge >= 0.3 is 5.97 Å². The van der Waals surface area contributed by atoms with Crippen molar-refractivity contribution >= 4 is 5.97 Å². The Bertz CT molecular complexity index is 212. The van der Waals surface area contributed by atoms with Crippen LogP contribution in [0.4, 0.5) is 0 Å². The Kier molecular flexibility index (Phi) is 5.94. The minimum atomic E-state index is -0.903. The van der Waals surface area contributed by atoms with Crippen LogP contribution in [0.2, 0.25) is 0 Å². The summed E-state index contributed by atoms with van der Waals surface area (Å²) in [6.45, 7) is 6.05. The lowest BCUT2D eigenvalue weighted by Crippen LogP contribution is -2.31. The standard InChI is InChI=1S/C11H19NO2/c1-4-7-11(9-12,8-5-2)10(13)14-6-3/h4-8H2,1-3H3. The highest BCUT2D eigenvalue weighted by Gasteiger charge is 2.38. The molecule has 0 fully saturated rings. The quantitative estimate of drug-likeness (QED) is 0.615. The van der Waals surface area contributed by atoms with E-state index >= 15 is 0 Å². The second kappa shape index (κ2) is 6.42. The van der Waals surface area contributed by atoms with E-state index in [4.69, 9.17) is 10.00 Å². The lowest BCUT2D eigenvalue weighted by Gasteiger charge is -2.22. The fourth-order valence-electron chi connectivity index (χ4n) is 1.61. The molecule has 0 spiro atoms. The zero-order chi connectivity index (χ0) is 11.0. The van der Waals surface area contributed by atoms with Crippen LogP contribution in [0.1, 0.15) is 46.5 Å². The van der Waals surface area contributed by atoms with E-state index in [1.54, 1.807) is 6.92 Å². The van der Waals surface area contributed by atoms with Crippen LogP contribution in [-0.2, 0) is 9.53 Å². The molecule has 0 bridgehead atoms. The van der Waals surface area contributed by atoms with Gasteiger partial charge < -0.3 is 4.74 Å². The van der Waals surface area contributed by atoms with Crippen LogP contribution >= 0.6 is 0 Å². The molecule has 0 aliphatic rings. The molecule has 0 aliphatic heterocycles. The second-order valence-corrected chi connectivity index (χ2v) is 3.41. The van der Waals surface area contributed by atoms with E-state index in [1.165, 1.54) is 0 Å². The molecule has 0 saturated carbocycles. The molecule has 3 nitrogen and oxygen atoms in total. The number of ether oxygens (including phenoxy) is 1. The molecule has 0 aromatic rings. The Morgan fingerprint density at radius 3 is 2.07 bits per heavy atom. The Morgan fingerprint density at radius 2 is 1.79 bits per heavy atom. The molecular weight excluding hydrogens is 178 g/mol. The van der Waals surface area contributed by atoms with Crippen molar-refractivity contribution < 1.29 is 9.53 Å². The number of carbonyl (C=O) groups excluding carboxylic acids is 1. The van der Waals surface area contributed by atoms with Gasteiger partial charge in [-0.15, -0.1) is 0 Å². The molecule has 0 N–H and O–H groups in total. The summed E-state index contributed by atoms with van der Waals surface area (Å²) in [5, 5.41) is 9.08. The third kappa shape index (κ3) is 3.02. The lowest BCUT2D eigenvalue weighted by atomic mass is 9.81. The lowest BCUT2D eigenvalue weighted by molar-refractivity contribution is -0.152. The molecule has 80 valence electrons. The van der Waals surface area contributed by atoms with E-state index in [0.717, 1.165) is 12.8 Å². The predicted octanol–water partition coefficient (Wildman–Crippen LogP) is 2.66. The second-order valence-electron chi connectivity index (χ2n) is 3.41. The van der Waals surface area contributed by atoms with Crippen molar-refractivity contribution in [1.82, 2.24) is 0 Å². The first-order valence-corrected chi connectivity index (χ1v) is 5.25. The molecule has 0 radical (unpaired) electrons. The van der Waals surface area contributed by atoms with Gasteiger partial charge in [-0.25, -0.2) is 0 Å². The highest BCUT2D eigenvalue weighted by atomic mass is 16.5. The van der Waals surface area contributed by atoms with Gasteiger partial charge in [0.2, 0.25) is 0 Å². The van der Waals surface area contributed by atoms with Gasteiger partial charge in [0.25, 0.3) is 0 Å². The molecule has 0 saturated heterocycles. The van der Waals surface area contributed by atoms with Crippen LogP contribution in [-0.4, -0.2) is 12.6 Å². The number of hydrogen-bond acceptors (Lipinski definition) is 3. The van der Waals surface area contributed by atoms with Gasteiger partial charge in [-0.05, 0) is 19.8 Å². The maximum Gasteiger partial charge on any atom is 0.326 e. The van der Waals surface area contributed by atoms with Crippen LogP contribution in [0, 0.1) is 16.7 Å². The molecule has 0 unspecified atom stereocenters. The van der Waals surface area contributed by atoms with Crippen molar-refractivity contribution in [3.8, 4) is 6.07 Å². The average Bonchev–Trinajstić information content (AvgIpc) is 2.17. The Balaban J connectivity index is 4.65. The summed E-state index contributed by atoms with van der Waals surface area (Å²) in [7, 11) is 0. The molecule has 14 heavy (non-hydrogen) atoms. The Labute approximate surface area is 86.1 Å². The first kappa shape index (κ1) is 13.0. The molecule has 3 heteroatoms. The summed E-state index contributed by atoms with van der Waals surface area (Å²) < 4.78 is 4.94. The normalized spacial score (nSPS) is 10.7. The van der Waals surface area contributed by atoms with E-state index in [-0.39, 0.29) is 5.97 Å². The van der Waals surface area contributed by atoms with Gasteiger partial charge in [-0.1, -0.05) is 26.7 Å². The molecule has 0 atom stereocenters. The monoisotopic (exact) mass is 197 g/mol. The third-order valence-electron chi connectivity index (χ3n) is 2.23. The minimum absolute atomic E-state index is 0.343. The Morgan fingerprint density at radius 1 is 1.29 bits per heavy atom. The van der Waals surface area contributed by atoms with Crippen LogP contribution < -0.4 is 0 Å². The van der Waals surface area contributed by atoms with Crippen molar-refractivity contribution in [2.24, 2.45) is 5.41 Å². The number of nitriles is 1. The van der Waals surface area contributed by atoms with Gasteiger partial charge in [0, 0.05) is 0 Å². The maximum absolute atomic E-state index is 11.6. The predicted molar refractivity (Wildman–Crippen MR) is 54.5 cm³/mol. The summed E-state index contributed by atoms with van der Waals surface area (Å²) in [5.41, 5.74) is -0.903. The summed E-state index contributed by atoms with van der Waals surface area (Å²) in [6.07, 6.45) is 2.84. The van der Waals surface area contributed by atoms with Gasteiger partial charge in [0.15, 0.2) is 5.41 Å². The first-order chi connectivity index (χ1) is 6.66. The van der Waals surface area contributed by atoms with E-state index in [0.29, 0.717) is 19.4 Å². The zero-order valence-corrected chi connectivity index (χ0v) is 9.30. The van der Waals surface area contributed by atoms with E-state index in [1.807, 2.05) is 13.8 Å². The maximum atomic E-state index is 11.6. The summed E-state index contributed by atoms with van der Waals surface area (Å²) in [6, 6.07) is 2.13. The molecule has 0 rings (SSSR count). The van der Waals surface area contributed by atoms with Crippen molar-refractivity contribution in [2.75, 3.05) is 6.61 Å². The van der Waals surface area contributed by atoms with Crippen molar-refractivity contribution in [1.29, 1.82) is 5.26 Å². The van der Waals surface area contributed by atoms with Crippen molar-refractivity contribution in [3.63, 3.8) is 0 Å². The first-order valence-electron chi connectivity index (χ1n) is 5.25. The van der Waals surface area contributed by atoms with E-state index < -0.39 is 5.41 Å². The Hall–Kier alpha value is -1.04. The molecular formula is C11H19NO2. The van der Waals surface area contributed by atoms with Gasteiger partial charge in [0.05, 0.1) is 12.7 Å². The van der Waals surface area contributed by atoms with E-state index in [9.17, 15) is 4.79 Å². The number of nitrogens with zero attached hydrogens (tertiary/aromatic N) is 1. The molecule has 0 aliphatic carbocycles. The van der Waals surface area contributed by atoms with Crippen LogP contribution in [0.25, 0.3) is 0 Å². The SMILES string of the molecule is CCCC(C#N)(CCC)C(=O)OCC. The van der Waals surface area contributed by atoms with Gasteiger partial charge in [-0.3, -0.25) is 4.79 Å². The summed E-state index contributed by atoms with van der Waals surface area (Å²) in [4.78, 5) is 11.6. The van der Waals surface area contributed by atoms with Crippen LogP contribution in [0.15, 0.2) is 0 Å². The fourth-order valence-corrected chi connectivity index (χ4v) is 1.61. The minimum Gasteiger partial charge on any atom is -0.465 e. The number of carbonyl (C=O) groups is 1. The smallest absolute Gasteiger partial charge is 0.326 e. The fraction of sp³-hybridized carbons (Fsp3) is 0.818.